The zero-order valence-electron chi connectivity index (χ0n) is 14.4. The molecule has 5 nitrogen and oxygen atoms in total. The third-order valence-corrected chi connectivity index (χ3v) is 3.59. The Morgan fingerprint density at radius 2 is 1.70 bits per heavy atom. The fraction of sp³-hybridized carbons (Fsp3) is 0.500. The van der Waals surface area contributed by atoms with Gasteiger partial charge in [-0.3, -0.25) is 4.79 Å². The summed E-state index contributed by atoms with van der Waals surface area (Å²) in [7, 11) is 1.26. The maximum atomic E-state index is 12.3. The Balaban J connectivity index is 2.81. The molecule has 23 heavy (non-hydrogen) atoms. The molecule has 0 spiro atoms. The van der Waals surface area contributed by atoms with Crippen molar-refractivity contribution in [2.75, 3.05) is 7.11 Å². The number of esters is 1. The molecule has 0 fully saturated rings. The maximum absolute atomic E-state index is 12.3. The molecule has 0 bridgehead atoms. The van der Waals surface area contributed by atoms with Gasteiger partial charge in [0.15, 0.2) is 0 Å². The van der Waals surface area contributed by atoms with E-state index < -0.39 is 12.0 Å². The van der Waals surface area contributed by atoms with Crippen LogP contribution in [-0.2, 0) is 19.7 Å². The van der Waals surface area contributed by atoms with Gasteiger partial charge >= 0.3 is 5.97 Å². The third kappa shape index (κ3) is 5.85. The lowest BCUT2D eigenvalue weighted by Crippen LogP contribution is -2.41. The topological polar surface area (TPSA) is 72.5 Å². The smallest absolute Gasteiger partial charge is 0.328 e. The van der Waals surface area contributed by atoms with Crippen LogP contribution in [-0.4, -0.2) is 30.8 Å². The molecule has 1 rings (SSSR count). The van der Waals surface area contributed by atoms with Crippen LogP contribution in [0.5, 0.6) is 0 Å². The molecule has 0 aliphatic heterocycles. The zero-order chi connectivity index (χ0) is 17.6. The zero-order valence-corrected chi connectivity index (χ0v) is 14.4. The van der Waals surface area contributed by atoms with Crippen molar-refractivity contribution in [3.63, 3.8) is 0 Å². The van der Waals surface area contributed by atoms with Crippen LogP contribution in [0.4, 0.5) is 0 Å². The number of ether oxygens (including phenoxy) is 1. The minimum absolute atomic E-state index is 0.00501. The highest BCUT2D eigenvalue weighted by Gasteiger charge is 2.22. The molecule has 0 unspecified atom stereocenters. The average molecular weight is 319 g/mol. The molecule has 126 valence electrons. The number of amides is 1. The van der Waals surface area contributed by atoms with Crippen molar-refractivity contribution in [2.24, 2.45) is 0 Å². The van der Waals surface area contributed by atoms with Gasteiger partial charge in [-0.25, -0.2) is 4.79 Å². The van der Waals surface area contributed by atoms with Crippen molar-refractivity contribution >= 4 is 17.7 Å². The first-order valence-corrected chi connectivity index (χ1v) is 7.64. The number of carbonyl (C=O) groups is 3. The number of hydrogen-bond donors (Lipinski definition) is 1. The van der Waals surface area contributed by atoms with E-state index in [2.05, 4.69) is 30.8 Å². The summed E-state index contributed by atoms with van der Waals surface area (Å²) in [5, 5.41) is 2.63. The molecule has 1 amide bonds. The summed E-state index contributed by atoms with van der Waals surface area (Å²) < 4.78 is 4.68. The maximum Gasteiger partial charge on any atom is 0.328 e. The van der Waals surface area contributed by atoms with Crippen LogP contribution >= 0.6 is 0 Å². The molecule has 1 N–H and O–H groups in total. The van der Waals surface area contributed by atoms with Crippen LogP contribution in [0.15, 0.2) is 24.3 Å². The van der Waals surface area contributed by atoms with Crippen molar-refractivity contribution < 1.29 is 19.1 Å². The van der Waals surface area contributed by atoms with Crippen molar-refractivity contribution in [1.29, 1.82) is 0 Å². The van der Waals surface area contributed by atoms with Gasteiger partial charge in [-0.15, -0.1) is 0 Å². The molecule has 0 saturated carbocycles. The lowest BCUT2D eigenvalue weighted by molar-refractivity contribution is -0.143. The quantitative estimate of drug-likeness (QED) is 0.818. The van der Waals surface area contributed by atoms with Gasteiger partial charge in [-0.1, -0.05) is 32.9 Å². The molecule has 5 heteroatoms. The number of carbonyl (C=O) groups excluding carboxylic acids is 3. The van der Waals surface area contributed by atoms with E-state index in [0.717, 1.165) is 5.56 Å². The first-order valence-electron chi connectivity index (χ1n) is 7.64. The fourth-order valence-corrected chi connectivity index (χ4v) is 2.10. The van der Waals surface area contributed by atoms with Crippen LogP contribution in [0.25, 0.3) is 0 Å². The predicted octanol–water partition coefficient (Wildman–Crippen LogP) is 2.62. The minimum Gasteiger partial charge on any atom is -0.467 e. The lowest BCUT2D eigenvalue weighted by atomic mass is 9.86. The van der Waals surface area contributed by atoms with Crippen molar-refractivity contribution in [2.45, 2.75) is 52.0 Å². The number of rotatable bonds is 6. The number of Topliss-reactive ketones (excluding diaryl/α,β-unsaturated/α-hetero) is 1. The summed E-state index contributed by atoms with van der Waals surface area (Å²) in [5.74, 6) is -0.946. The van der Waals surface area contributed by atoms with Gasteiger partial charge in [0.25, 0.3) is 5.91 Å². The van der Waals surface area contributed by atoms with Crippen LogP contribution in [0.1, 0.15) is 56.5 Å². The molecule has 1 aromatic rings. The number of hydrogen-bond acceptors (Lipinski definition) is 4. The fourth-order valence-electron chi connectivity index (χ4n) is 2.10. The van der Waals surface area contributed by atoms with Gasteiger partial charge in [0.2, 0.25) is 0 Å². The Morgan fingerprint density at radius 3 is 2.13 bits per heavy atom. The summed E-state index contributed by atoms with van der Waals surface area (Å²) in [6.45, 7) is 7.73. The van der Waals surface area contributed by atoms with Gasteiger partial charge in [0, 0.05) is 12.0 Å². The molecule has 0 aliphatic carbocycles. The van der Waals surface area contributed by atoms with E-state index in [9.17, 15) is 14.4 Å². The summed E-state index contributed by atoms with van der Waals surface area (Å²) in [4.78, 5) is 35.1. The first-order chi connectivity index (χ1) is 10.6. The molecule has 0 heterocycles. The molecular weight excluding hydrogens is 294 g/mol. The Morgan fingerprint density at radius 1 is 1.13 bits per heavy atom. The monoisotopic (exact) mass is 319 g/mol. The van der Waals surface area contributed by atoms with Crippen LogP contribution in [0.2, 0.25) is 0 Å². The largest absolute Gasteiger partial charge is 0.467 e. The Labute approximate surface area is 137 Å². The second-order valence-corrected chi connectivity index (χ2v) is 6.62. The average Bonchev–Trinajstić information content (AvgIpc) is 2.49. The molecular formula is C18H25NO4. The van der Waals surface area contributed by atoms with E-state index in [1.165, 1.54) is 14.0 Å². The van der Waals surface area contributed by atoms with Crippen LogP contribution in [0, 0.1) is 0 Å². The van der Waals surface area contributed by atoms with Gasteiger partial charge in [-0.05, 0) is 36.5 Å². The first kappa shape index (κ1) is 18.9. The molecule has 1 atom stereocenters. The predicted molar refractivity (Wildman–Crippen MR) is 88.3 cm³/mol. The number of nitrogens with one attached hydrogen (secondary N) is 1. The standard InChI is InChI=1S/C18H25NO4/c1-12(20)6-11-15(17(22)23-5)19-16(21)13-7-9-14(10-8-13)18(2,3)4/h7-10,15H,6,11H2,1-5H3,(H,19,21)/t15-/m1/s1. The van der Waals surface area contributed by atoms with E-state index in [1.807, 2.05) is 12.1 Å². The van der Waals surface area contributed by atoms with Crippen LogP contribution in [0.3, 0.4) is 0 Å². The third-order valence-electron chi connectivity index (χ3n) is 3.59. The highest BCUT2D eigenvalue weighted by molar-refractivity contribution is 5.96. The normalized spacial score (nSPS) is 12.4. The molecule has 0 aliphatic rings. The van der Waals surface area contributed by atoms with Crippen molar-refractivity contribution in [1.82, 2.24) is 5.32 Å². The molecule has 0 aromatic heterocycles. The Kier molecular flexibility index (Phi) is 6.49. The summed E-state index contributed by atoms with van der Waals surface area (Å²) in [6, 6.07) is 6.44. The molecule has 0 saturated heterocycles. The number of methoxy groups -OCH3 is 1. The summed E-state index contributed by atoms with van der Waals surface area (Å²) >= 11 is 0. The van der Waals surface area contributed by atoms with Gasteiger partial charge in [-0.2, -0.15) is 0 Å². The van der Waals surface area contributed by atoms with E-state index >= 15 is 0 Å². The van der Waals surface area contributed by atoms with E-state index in [4.69, 9.17) is 0 Å². The highest BCUT2D eigenvalue weighted by atomic mass is 16.5. The lowest BCUT2D eigenvalue weighted by Gasteiger charge is -2.19. The van der Waals surface area contributed by atoms with Crippen molar-refractivity contribution in [3.05, 3.63) is 35.4 Å². The molecule has 0 radical (unpaired) electrons. The summed E-state index contributed by atoms with van der Waals surface area (Å²) in [5.41, 5.74) is 1.59. The van der Waals surface area contributed by atoms with E-state index in [0.29, 0.717) is 5.56 Å². The Bertz CT molecular complexity index is 570. The second-order valence-electron chi connectivity index (χ2n) is 6.62. The molecule has 1 aromatic carbocycles. The minimum atomic E-state index is -0.821. The SMILES string of the molecule is COC(=O)[C@@H](CCC(C)=O)NC(=O)c1ccc(C(C)(C)C)cc1. The van der Waals surface area contributed by atoms with E-state index in [1.54, 1.807) is 12.1 Å². The number of ketones is 1. The van der Waals surface area contributed by atoms with E-state index in [-0.39, 0.29) is 29.9 Å². The Hall–Kier alpha value is -2.17. The number of benzene rings is 1. The van der Waals surface area contributed by atoms with Crippen molar-refractivity contribution in [3.8, 4) is 0 Å². The van der Waals surface area contributed by atoms with Gasteiger partial charge in [0.1, 0.15) is 11.8 Å². The van der Waals surface area contributed by atoms with Crippen LogP contribution < -0.4 is 5.32 Å². The van der Waals surface area contributed by atoms with Gasteiger partial charge in [0.05, 0.1) is 7.11 Å². The second kappa shape index (κ2) is 7.90. The summed E-state index contributed by atoms with van der Waals surface area (Å²) in [6.07, 6.45) is 0.441. The highest BCUT2D eigenvalue weighted by Crippen LogP contribution is 2.22. The van der Waals surface area contributed by atoms with Gasteiger partial charge < -0.3 is 14.8 Å².